The Bertz CT molecular complexity index is 719. The van der Waals surface area contributed by atoms with Gasteiger partial charge in [0.15, 0.2) is 0 Å². The van der Waals surface area contributed by atoms with E-state index in [2.05, 4.69) is 114 Å². The minimum atomic E-state index is -0.0921. The van der Waals surface area contributed by atoms with Crippen LogP contribution in [0.15, 0.2) is 42.5 Å². The summed E-state index contributed by atoms with van der Waals surface area (Å²) in [6.07, 6.45) is 0. The predicted molar refractivity (Wildman–Crippen MR) is 115 cm³/mol. The van der Waals surface area contributed by atoms with Gasteiger partial charge in [0.05, 0.1) is 0 Å². The molecule has 0 radical (unpaired) electrons. The number of hydrogen-bond acceptors (Lipinski definition) is 1. The van der Waals surface area contributed by atoms with E-state index in [1.54, 1.807) is 0 Å². The maximum atomic E-state index is 6.65. The van der Waals surface area contributed by atoms with Crippen molar-refractivity contribution in [2.24, 2.45) is 0 Å². The first-order chi connectivity index (χ1) is 10.9. The van der Waals surface area contributed by atoms with Crippen LogP contribution in [0.1, 0.15) is 65.2 Å². The van der Waals surface area contributed by atoms with Gasteiger partial charge in [-0.1, -0.05) is 78.8 Å². The summed E-state index contributed by atoms with van der Waals surface area (Å²) in [6, 6.07) is 15.4. The molecule has 0 aliphatic rings. The molecule has 0 aromatic heterocycles. The lowest BCUT2D eigenvalue weighted by Crippen LogP contribution is -2.41. The van der Waals surface area contributed by atoms with Gasteiger partial charge < -0.3 is 5.73 Å². The van der Waals surface area contributed by atoms with E-state index >= 15 is 0 Å². The smallest absolute Gasteiger partial charge is 0.0390 e. The van der Waals surface area contributed by atoms with Crippen molar-refractivity contribution in [3.8, 4) is 0 Å². The Morgan fingerprint density at radius 2 is 1.21 bits per heavy atom. The minimum Gasteiger partial charge on any atom is -0.398 e. The van der Waals surface area contributed by atoms with Crippen molar-refractivity contribution in [2.75, 3.05) is 5.73 Å². The normalized spacial score (nSPS) is 13.2. The molecule has 0 unspecified atom stereocenters. The standard InChI is InChI=1S/C22H30IN/c1-20(2,3)17-9-8-10-18(19(17)24)22(6,7)21(4,5)15-11-13-16(23)14-12-15/h8-14H,24H2,1-7H3. The zero-order chi connectivity index (χ0) is 18.3. The Morgan fingerprint density at radius 1 is 0.708 bits per heavy atom. The monoisotopic (exact) mass is 435 g/mol. The molecular formula is C22H30IN. The summed E-state index contributed by atoms with van der Waals surface area (Å²) >= 11 is 2.36. The fraction of sp³-hybridized carbons (Fsp3) is 0.455. The average Bonchev–Trinajstić information content (AvgIpc) is 2.46. The van der Waals surface area contributed by atoms with Gasteiger partial charge in [-0.15, -0.1) is 0 Å². The molecule has 24 heavy (non-hydrogen) atoms. The Hall–Kier alpha value is -1.03. The largest absolute Gasteiger partial charge is 0.398 e. The van der Waals surface area contributed by atoms with E-state index in [-0.39, 0.29) is 16.2 Å². The van der Waals surface area contributed by atoms with Crippen LogP contribution in [0, 0.1) is 3.57 Å². The number of halogens is 1. The molecule has 1 nitrogen and oxygen atoms in total. The quantitative estimate of drug-likeness (QED) is 0.437. The summed E-state index contributed by atoms with van der Waals surface area (Å²) < 4.78 is 1.26. The van der Waals surface area contributed by atoms with Crippen LogP contribution in [0.4, 0.5) is 5.69 Å². The van der Waals surface area contributed by atoms with E-state index < -0.39 is 0 Å². The van der Waals surface area contributed by atoms with Gasteiger partial charge in [-0.3, -0.25) is 0 Å². The van der Waals surface area contributed by atoms with E-state index in [4.69, 9.17) is 5.73 Å². The highest BCUT2D eigenvalue weighted by Gasteiger charge is 2.41. The molecule has 0 saturated heterocycles. The van der Waals surface area contributed by atoms with Crippen LogP contribution in [0.3, 0.4) is 0 Å². The lowest BCUT2D eigenvalue weighted by molar-refractivity contribution is 0.303. The maximum absolute atomic E-state index is 6.65. The molecule has 2 N–H and O–H groups in total. The van der Waals surface area contributed by atoms with Crippen LogP contribution in [0.2, 0.25) is 0 Å². The fourth-order valence-electron chi connectivity index (χ4n) is 3.33. The highest BCUT2D eigenvalue weighted by Crippen LogP contribution is 2.47. The molecular weight excluding hydrogens is 405 g/mol. The van der Waals surface area contributed by atoms with Crippen molar-refractivity contribution >= 4 is 28.3 Å². The van der Waals surface area contributed by atoms with Crippen molar-refractivity contribution in [1.82, 2.24) is 0 Å². The average molecular weight is 435 g/mol. The SMILES string of the molecule is CC(C)(C)c1cccc(C(C)(C)C(C)(C)c2ccc(I)cc2)c1N. The number of rotatable bonds is 3. The molecule has 0 aliphatic heterocycles. The van der Waals surface area contributed by atoms with Crippen molar-refractivity contribution in [2.45, 2.75) is 64.7 Å². The molecule has 0 heterocycles. The van der Waals surface area contributed by atoms with Crippen LogP contribution in [-0.4, -0.2) is 0 Å². The van der Waals surface area contributed by atoms with E-state index in [0.29, 0.717) is 0 Å². The summed E-state index contributed by atoms with van der Waals surface area (Å²) in [7, 11) is 0. The van der Waals surface area contributed by atoms with Crippen LogP contribution in [0.25, 0.3) is 0 Å². The van der Waals surface area contributed by atoms with E-state index in [0.717, 1.165) is 5.69 Å². The van der Waals surface area contributed by atoms with Crippen LogP contribution < -0.4 is 5.73 Å². The van der Waals surface area contributed by atoms with Crippen molar-refractivity contribution in [1.29, 1.82) is 0 Å². The summed E-state index contributed by atoms with van der Waals surface area (Å²) in [6.45, 7) is 15.9. The van der Waals surface area contributed by atoms with Gasteiger partial charge in [-0.2, -0.15) is 0 Å². The third-order valence-electron chi connectivity index (χ3n) is 5.72. The Balaban J connectivity index is 2.60. The fourth-order valence-corrected chi connectivity index (χ4v) is 3.69. The second-order valence-electron chi connectivity index (χ2n) is 8.77. The highest BCUT2D eigenvalue weighted by atomic mass is 127. The third-order valence-corrected chi connectivity index (χ3v) is 6.44. The molecule has 0 saturated carbocycles. The molecule has 2 aromatic rings. The van der Waals surface area contributed by atoms with E-state index in [1.807, 2.05) is 0 Å². The molecule has 0 bridgehead atoms. The Morgan fingerprint density at radius 3 is 1.71 bits per heavy atom. The molecule has 2 aromatic carbocycles. The topological polar surface area (TPSA) is 26.0 Å². The molecule has 130 valence electrons. The molecule has 0 fully saturated rings. The van der Waals surface area contributed by atoms with Gasteiger partial charge in [0.1, 0.15) is 0 Å². The Kier molecular flexibility index (Phi) is 5.11. The second kappa shape index (κ2) is 6.36. The first kappa shape index (κ1) is 19.3. The molecule has 0 atom stereocenters. The molecule has 0 spiro atoms. The predicted octanol–water partition coefficient (Wildman–Crippen LogP) is 6.43. The van der Waals surface area contributed by atoms with E-state index in [1.165, 1.54) is 20.3 Å². The number of anilines is 1. The highest BCUT2D eigenvalue weighted by molar-refractivity contribution is 14.1. The third kappa shape index (κ3) is 3.35. The first-order valence-corrected chi connectivity index (χ1v) is 9.62. The number of nitrogen functional groups attached to an aromatic ring is 1. The summed E-state index contributed by atoms with van der Waals surface area (Å²) in [4.78, 5) is 0. The summed E-state index contributed by atoms with van der Waals surface area (Å²) in [5.74, 6) is 0. The van der Waals surface area contributed by atoms with Crippen molar-refractivity contribution in [3.05, 3.63) is 62.7 Å². The minimum absolute atomic E-state index is 0.0397. The van der Waals surface area contributed by atoms with Gasteiger partial charge in [0.25, 0.3) is 0 Å². The zero-order valence-electron chi connectivity index (χ0n) is 16.0. The van der Waals surface area contributed by atoms with Gasteiger partial charge in [0.2, 0.25) is 0 Å². The Labute approximate surface area is 161 Å². The molecule has 2 heteroatoms. The molecule has 0 aliphatic carbocycles. The number of nitrogens with two attached hydrogens (primary N) is 1. The van der Waals surface area contributed by atoms with Gasteiger partial charge in [-0.25, -0.2) is 0 Å². The summed E-state index contributed by atoms with van der Waals surface area (Å²) in [5, 5.41) is 0. The van der Waals surface area contributed by atoms with Gasteiger partial charge in [-0.05, 0) is 62.2 Å². The number of para-hydroxylation sites is 1. The van der Waals surface area contributed by atoms with Crippen LogP contribution in [-0.2, 0) is 16.2 Å². The lowest BCUT2D eigenvalue weighted by Gasteiger charge is -2.44. The molecule has 2 rings (SSSR count). The number of benzene rings is 2. The van der Waals surface area contributed by atoms with Gasteiger partial charge >= 0.3 is 0 Å². The zero-order valence-corrected chi connectivity index (χ0v) is 18.2. The summed E-state index contributed by atoms with van der Waals surface area (Å²) in [5.41, 5.74) is 11.3. The maximum Gasteiger partial charge on any atom is 0.0390 e. The van der Waals surface area contributed by atoms with Crippen molar-refractivity contribution in [3.63, 3.8) is 0 Å². The number of hydrogen-bond donors (Lipinski definition) is 1. The van der Waals surface area contributed by atoms with Gasteiger partial charge in [0, 0.05) is 14.7 Å². The first-order valence-electron chi connectivity index (χ1n) is 8.54. The van der Waals surface area contributed by atoms with E-state index in [9.17, 15) is 0 Å². The van der Waals surface area contributed by atoms with Crippen molar-refractivity contribution < 1.29 is 0 Å². The second-order valence-corrected chi connectivity index (χ2v) is 10.0. The lowest BCUT2D eigenvalue weighted by atomic mass is 9.60. The van der Waals surface area contributed by atoms with Crippen LogP contribution in [0.5, 0.6) is 0 Å². The molecule has 0 amide bonds. The van der Waals surface area contributed by atoms with Crippen LogP contribution >= 0.6 is 22.6 Å².